The van der Waals surface area contributed by atoms with E-state index in [4.69, 9.17) is 9.47 Å². The Morgan fingerprint density at radius 1 is 0.762 bits per heavy atom. The van der Waals surface area contributed by atoms with E-state index < -0.39 is 53.5 Å². The van der Waals surface area contributed by atoms with Crippen LogP contribution in [0.15, 0.2) is 18.2 Å². The molecule has 1 N–H and O–H groups in total. The van der Waals surface area contributed by atoms with E-state index >= 15 is 0 Å². The first-order chi connectivity index (χ1) is 20.3. The smallest absolute Gasteiger partial charge is 0.321 e. The molecule has 0 spiro atoms. The number of benzene rings is 1. The van der Waals surface area contributed by atoms with Gasteiger partial charge in [0, 0.05) is 18.9 Å². The van der Waals surface area contributed by atoms with Crippen molar-refractivity contribution in [1.29, 1.82) is 0 Å². The van der Waals surface area contributed by atoms with Crippen LogP contribution in [0.5, 0.6) is 0 Å². The predicted octanol–water partition coefficient (Wildman–Crippen LogP) is 6.18. The highest BCUT2D eigenvalue weighted by molar-refractivity contribution is 6.01. The van der Waals surface area contributed by atoms with Crippen molar-refractivity contribution in [3.63, 3.8) is 0 Å². The Labute approximate surface area is 249 Å². The minimum absolute atomic E-state index is 0.0966. The predicted molar refractivity (Wildman–Crippen MR) is 157 cm³/mol. The molecule has 0 bridgehead atoms. The number of nitrogens with one attached hydrogen (secondary N) is 1. The van der Waals surface area contributed by atoms with E-state index in [-0.39, 0.29) is 18.9 Å². The summed E-state index contributed by atoms with van der Waals surface area (Å²) in [6, 6.07) is 5.60. The molecular weight excluding hydrogens is 534 g/mol. The van der Waals surface area contributed by atoms with E-state index in [1.807, 2.05) is 25.1 Å². The zero-order valence-corrected chi connectivity index (χ0v) is 25.3. The summed E-state index contributed by atoms with van der Waals surface area (Å²) in [4.78, 5) is 63.3. The minimum Gasteiger partial charge on any atom is -0.393 e. The Morgan fingerprint density at radius 2 is 1.38 bits per heavy atom. The molecule has 1 aliphatic carbocycles. The van der Waals surface area contributed by atoms with Gasteiger partial charge < -0.3 is 14.8 Å². The summed E-state index contributed by atoms with van der Waals surface area (Å²) in [6.45, 7) is 4.24. The van der Waals surface area contributed by atoms with Crippen molar-refractivity contribution in [3.05, 3.63) is 34.9 Å². The van der Waals surface area contributed by atoms with E-state index in [1.165, 1.54) is 64.2 Å². The molecule has 1 aromatic rings. The van der Waals surface area contributed by atoms with Crippen molar-refractivity contribution in [2.75, 3.05) is 6.54 Å². The van der Waals surface area contributed by atoms with Gasteiger partial charge in [0.05, 0.1) is 24.2 Å². The van der Waals surface area contributed by atoms with E-state index in [2.05, 4.69) is 12.2 Å². The van der Waals surface area contributed by atoms with Gasteiger partial charge in [-0.15, -0.1) is 0 Å². The molecular formula is C34H47NO7. The van der Waals surface area contributed by atoms with Crippen molar-refractivity contribution in [1.82, 2.24) is 5.32 Å². The van der Waals surface area contributed by atoms with Gasteiger partial charge in [-0.25, -0.2) is 0 Å². The van der Waals surface area contributed by atoms with Gasteiger partial charge >= 0.3 is 23.9 Å². The number of aryl methyl sites for hydroxylation is 1. The zero-order valence-electron chi connectivity index (χ0n) is 25.3. The molecule has 0 radical (unpaired) electrons. The van der Waals surface area contributed by atoms with Crippen LogP contribution in [-0.4, -0.2) is 36.3 Å². The van der Waals surface area contributed by atoms with Crippen LogP contribution in [-0.2, 0) is 33.4 Å². The number of cyclic esters (lactones) is 4. The molecule has 42 heavy (non-hydrogen) atoms. The number of unbranched alkanes of at least 4 members (excludes halogenated alkanes) is 12. The first-order valence-electron chi connectivity index (χ1n) is 16.2. The maximum atomic E-state index is 12.9. The highest BCUT2D eigenvalue weighted by Crippen LogP contribution is 2.54. The molecule has 2 aliphatic heterocycles. The number of hydrogen-bond acceptors (Lipinski definition) is 7. The molecule has 230 valence electrons. The van der Waals surface area contributed by atoms with Crippen LogP contribution >= 0.6 is 0 Å². The summed E-state index contributed by atoms with van der Waals surface area (Å²) in [5.41, 5.74) is 2.30. The van der Waals surface area contributed by atoms with Crippen LogP contribution < -0.4 is 5.32 Å². The van der Waals surface area contributed by atoms with Crippen molar-refractivity contribution in [2.45, 2.75) is 122 Å². The van der Waals surface area contributed by atoms with E-state index in [0.29, 0.717) is 12.0 Å². The lowest BCUT2D eigenvalue weighted by Crippen LogP contribution is -2.45. The second-order valence-corrected chi connectivity index (χ2v) is 12.5. The van der Waals surface area contributed by atoms with Crippen LogP contribution in [0, 0.1) is 24.7 Å². The number of carbonyl (C=O) groups excluding carboxylic acids is 5. The van der Waals surface area contributed by atoms with E-state index in [9.17, 15) is 24.0 Å². The highest BCUT2D eigenvalue weighted by atomic mass is 16.6. The number of fused-ring (bicyclic) bond motifs is 3. The summed E-state index contributed by atoms with van der Waals surface area (Å²) in [6.07, 6.45) is 16.3. The van der Waals surface area contributed by atoms with Gasteiger partial charge in [0.1, 0.15) is 0 Å². The molecule has 8 heteroatoms. The second kappa shape index (κ2) is 15.4. The van der Waals surface area contributed by atoms with Gasteiger partial charge in [-0.1, -0.05) is 108 Å². The van der Waals surface area contributed by atoms with Crippen LogP contribution in [0.2, 0.25) is 0 Å². The number of ether oxygens (including phenoxy) is 2. The van der Waals surface area contributed by atoms with Crippen molar-refractivity contribution < 1.29 is 33.4 Å². The van der Waals surface area contributed by atoms with Gasteiger partial charge in [-0.2, -0.15) is 0 Å². The molecule has 0 saturated carbocycles. The number of rotatable bonds is 17. The number of carbonyl (C=O) groups is 5. The van der Waals surface area contributed by atoms with Gasteiger partial charge in [0.25, 0.3) is 0 Å². The molecule has 3 aliphatic rings. The molecule has 2 saturated heterocycles. The summed E-state index contributed by atoms with van der Waals surface area (Å²) in [5, 5.41) is 2.97. The lowest BCUT2D eigenvalue weighted by molar-refractivity contribution is -0.156. The molecule has 5 unspecified atom stereocenters. The summed E-state index contributed by atoms with van der Waals surface area (Å²) in [7, 11) is 0. The first kappa shape index (κ1) is 31.9. The van der Waals surface area contributed by atoms with Gasteiger partial charge in [-0.05, 0) is 30.4 Å². The number of esters is 4. The van der Waals surface area contributed by atoms with Crippen molar-refractivity contribution in [3.8, 4) is 0 Å². The molecule has 2 fully saturated rings. The third-order valence-corrected chi connectivity index (χ3v) is 9.32. The van der Waals surface area contributed by atoms with Gasteiger partial charge in [0.15, 0.2) is 0 Å². The first-order valence-corrected chi connectivity index (χ1v) is 16.2. The average Bonchev–Trinajstić information content (AvgIpc) is 3.45. The maximum Gasteiger partial charge on any atom is 0.321 e. The third-order valence-electron chi connectivity index (χ3n) is 9.32. The van der Waals surface area contributed by atoms with Crippen LogP contribution in [0.1, 0.15) is 132 Å². The van der Waals surface area contributed by atoms with Crippen molar-refractivity contribution in [2.24, 2.45) is 17.8 Å². The van der Waals surface area contributed by atoms with E-state index in [1.54, 1.807) is 0 Å². The molecule has 5 atom stereocenters. The normalized spacial score (nSPS) is 24.8. The van der Waals surface area contributed by atoms with Gasteiger partial charge in [0.2, 0.25) is 5.91 Å². The van der Waals surface area contributed by atoms with E-state index in [0.717, 1.165) is 30.4 Å². The fraction of sp³-hybridized carbons (Fsp3) is 0.676. The molecule has 8 nitrogen and oxygen atoms in total. The summed E-state index contributed by atoms with van der Waals surface area (Å²) >= 11 is 0. The Hall–Kier alpha value is -3.03. The topological polar surface area (TPSA) is 116 Å². The fourth-order valence-corrected chi connectivity index (χ4v) is 7.14. The zero-order chi connectivity index (χ0) is 30.1. The summed E-state index contributed by atoms with van der Waals surface area (Å²) in [5.74, 6) is -6.15. The number of hydrogen-bond donors (Lipinski definition) is 1. The average molecular weight is 582 g/mol. The second-order valence-electron chi connectivity index (χ2n) is 12.5. The lowest BCUT2D eigenvalue weighted by Gasteiger charge is -2.40. The Bertz CT molecular complexity index is 1140. The van der Waals surface area contributed by atoms with Crippen LogP contribution in [0.25, 0.3) is 0 Å². The number of amides is 1. The van der Waals surface area contributed by atoms with Gasteiger partial charge in [-0.3, -0.25) is 24.0 Å². The third kappa shape index (κ3) is 7.87. The monoisotopic (exact) mass is 581 g/mol. The Kier molecular flexibility index (Phi) is 11.7. The SMILES string of the molecule is CCCCCCCCCCCCCCCC(=O)NCC1C2C(=O)OC(=O)C2c2cc(C)ccc2C1C1CC(=O)OC1=O. The minimum atomic E-state index is -0.836. The maximum absolute atomic E-state index is 12.9. The largest absolute Gasteiger partial charge is 0.393 e. The van der Waals surface area contributed by atoms with Crippen LogP contribution in [0.4, 0.5) is 0 Å². The Morgan fingerprint density at radius 3 is 1.98 bits per heavy atom. The van der Waals surface area contributed by atoms with Crippen molar-refractivity contribution >= 4 is 29.8 Å². The highest BCUT2D eigenvalue weighted by Gasteiger charge is 2.58. The fourth-order valence-electron chi connectivity index (χ4n) is 7.14. The molecule has 2 heterocycles. The standard InChI is InChI=1S/C34H47NO7/c1-3-4-5-6-7-8-9-10-11-12-13-14-15-16-27(36)35-21-26-29(25-20-28(37)41-32(25)38)23-18-17-22(2)19-24(23)30-31(26)34(40)42-33(30)39/h17-19,25-26,29-31H,3-16,20-21H2,1-2H3,(H,35,36). The summed E-state index contributed by atoms with van der Waals surface area (Å²) < 4.78 is 9.96. The molecule has 0 aromatic heterocycles. The molecule has 1 amide bonds. The van der Waals surface area contributed by atoms with Crippen LogP contribution in [0.3, 0.4) is 0 Å². The lowest BCUT2D eigenvalue weighted by atomic mass is 9.60. The molecule has 1 aromatic carbocycles. The Balaban J connectivity index is 1.28. The molecule has 4 rings (SSSR count). The quantitative estimate of drug-likeness (QED) is 0.133.